The standard InChI is InChI=1S/C12H24O3Si/c1-6-10-12(15-11(13)7-2)16(5,9-4)14-8-3/h7,12H,2,6,8-10H2,1,3-5H3. The molecule has 0 amide bonds. The van der Waals surface area contributed by atoms with Gasteiger partial charge in [0.05, 0.1) is 0 Å². The van der Waals surface area contributed by atoms with Gasteiger partial charge in [-0.3, -0.25) is 0 Å². The number of carbonyl (C=O) groups is 1. The largest absolute Gasteiger partial charge is 0.460 e. The normalized spacial score (nSPS) is 16.2. The summed E-state index contributed by atoms with van der Waals surface area (Å²) in [6, 6.07) is 0.954. The molecule has 0 fully saturated rings. The van der Waals surface area contributed by atoms with Crippen molar-refractivity contribution in [3.8, 4) is 0 Å². The number of esters is 1. The second kappa shape index (κ2) is 7.63. The molecule has 0 saturated heterocycles. The van der Waals surface area contributed by atoms with Crippen molar-refractivity contribution in [2.45, 2.75) is 51.9 Å². The van der Waals surface area contributed by atoms with Gasteiger partial charge in [-0.25, -0.2) is 4.79 Å². The third-order valence-electron chi connectivity index (χ3n) is 2.83. The first-order valence-electron chi connectivity index (χ1n) is 6.01. The molecule has 0 aliphatic rings. The molecule has 3 nitrogen and oxygen atoms in total. The predicted molar refractivity (Wildman–Crippen MR) is 68.7 cm³/mol. The van der Waals surface area contributed by atoms with E-state index < -0.39 is 8.32 Å². The van der Waals surface area contributed by atoms with Crippen LogP contribution in [0.5, 0.6) is 0 Å². The van der Waals surface area contributed by atoms with Crippen molar-refractivity contribution in [1.29, 1.82) is 0 Å². The van der Waals surface area contributed by atoms with Crippen molar-refractivity contribution in [3.05, 3.63) is 12.7 Å². The molecule has 0 rings (SSSR count). The lowest BCUT2D eigenvalue weighted by molar-refractivity contribution is -0.140. The number of hydrogen-bond donors (Lipinski definition) is 0. The third kappa shape index (κ3) is 4.49. The van der Waals surface area contributed by atoms with Crippen LogP contribution in [0.15, 0.2) is 12.7 Å². The topological polar surface area (TPSA) is 35.5 Å². The van der Waals surface area contributed by atoms with Gasteiger partial charge in [-0.15, -0.1) is 0 Å². The van der Waals surface area contributed by atoms with E-state index in [0.717, 1.165) is 18.9 Å². The molecule has 0 aliphatic heterocycles. The highest BCUT2D eigenvalue weighted by Crippen LogP contribution is 2.22. The van der Waals surface area contributed by atoms with Crippen LogP contribution < -0.4 is 0 Å². The Morgan fingerprint density at radius 2 is 2.06 bits per heavy atom. The SMILES string of the molecule is C=CC(=O)OC(CCC)[Si](C)(CC)OCC. The third-order valence-corrected chi connectivity index (χ3v) is 6.95. The highest BCUT2D eigenvalue weighted by molar-refractivity contribution is 6.73. The molecule has 2 atom stereocenters. The molecule has 0 saturated carbocycles. The Morgan fingerprint density at radius 1 is 1.44 bits per heavy atom. The van der Waals surface area contributed by atoms with E-state index in [1.54, 1.807) is 0 Å². The number of hydrogen-bond acceptors (Lipinski definition) is 3. The highest BCUT2D eigenvalue weighted by atomic mass is 28.4. The summed E-state index contributed by atoms with van der Waals surface area (Å²) in [4.78, 5) is 11.3. The van der Waals surface area contributed by atoms with Gasteiger partial charge in [-0.2, -0.15) is 0 Å². The van der Waals surface area contributed by atoms with Gasteiger partial charge < -0.3 is 9.16 Å². The molecule has 0 spiro atoms. The van der Waals surface area contributed by atoms with Crippen molar-refractivity contribution in [2.75, 3.05) is 6.61 Å². The smallest absolute Gasteiger partial charge is 0.330 e. The van der Waals surface area contributed by atoms with E-state index in [0.29, 0.717) is 6.61 Å². The fourth-order valence-electron chi connectivity index (χ4n) is 1.69. The minimum Gasteiger partial charge on any atom is -0.460 e. The quantitative estimate of drug-likeness (QED) is 0.374. The van der Waals surface area contributed by atoms with Crippen LogP contribution in [0, 0.1) is 0 Å². The highest BCUT2D eigenvalue weighted by Gasteiger charge is 2.38. The van der Waals surface area contributed by atoms with E-state index in [9.17, 15) is 4.79 Å². The Labute approximate surface area is 100.0 Å². The van der Waals surface area contributed by atoms with Crippen LogP contribution in [0.1, 0.15) is 33.6 Å². The number of ether oxygens (including phenoxy) is 1. The summed E-state index contributed by atoms with van der Waals surface area (Å²) in [5, 5.41) is 0. The van der Waals surface area contributed by atoms with Crippen LogP contribution in [0.25, 0.3) is 0 Å². The average Bonchev–Trinajstić information content (AvgIpc) is 2.28. The molecule has 16 heavy (non-hydrogen) atoms. The van der Waals surface area contributed by atoms with Crippen LogP contribution in [-0.4, -0.2) is 26.6 Å². The summed E-state index contributed by atoms with van der Waals surface area (Å²) in [6.07, 6.45) is 3.08. The maximum absolute atomic E-state index is 11.3. The van der Waals surface area contributed by atoms with Gasteiger partial charge in [0.2, 0.25) is 8.32 Å². The number of carbonyl (C=O) groups excluding carboxylic acids is 1. The molecular weight excluding hydrogens is 220 g/mol. The first-order valence-corrected chi connectivity index (χ1v) is 8.70. The maximum Gasteiger partial charge on any atom is 0.330 e. The summed E-state index contributed by atoms with van der Waals surface area (Å²) < 4.78 is 11.3. The van der Waals surface area contributed by atoms with E-state index in [1.807, 2.05) is 6.92 Å². The van der Waals surface area contributed by atoms with Crippen molar-refractivity contribution in [1.82, 2.24) is 0 Å². The van der Waals surface area contributed by atoms with E-state index in [4.69, 9.17) is 9.16 Å². The second-order valence-electron chi connectivity index (χ2n) is 4.02. The number of rotatable bonds is 8. The van der Waals surface area contributed by atoms with Crippen molar-refractivity contribution >= 4 is 14.3 Å². The van der Waals surface area contributed by atoms with Gasteiger partial charge >= 0.3 is 5.97 Å². The Morgan fingerprint density at radius 3 is 2.44 bits per heavy atom. The van der Waals surface area contributed by atoms with Crippen LogP contribution in [-0.2, 0) is 14.0 Å². The molecule has 94 valence electrons. The summed E-state index contributed by atoms with van der Waals surface area (Å²) >= 11 is 0. The van der Waals surface area contributed by atoms with Gasteiger partial charge in [-0.05, 0) is 25.9 Å². The minimum atomic E-state index is -1.94. The average molecular weight is 244 g/mol. The molecule has 0 heterocycles. The van der Waals surface area contributed by atoms with Gasteiger partial charge in [0, 0.05) is 12.7 Å². The monoisotopic (exact) mass is 244 g/mol. The summed E-state index contributed by atoms with van der Waals surface area (Å²) in [6.45, 7) is 12.4. The lowest BCUT2D eigenvalue weighted by atomic mass is 10.3. The van der Waals surface area contributed by atoms with Crippen molar-refractivity contribution in [2.24, 2.45) is 0 Å². The van der Waals surface area contributed by atoms with Crippen LogP contribution in [0.2, 0.25) is 12.6 Å². The van der Waals surface area contributed by atoms with E-state index in [1.165, 1.54) is 6.08 Å². The zero-order chi connectivity index (χ0) is 12.6. The molecule has 0 aromatic carbocycles. The second-order valence-corrected chi connectivity index (χ2v) is 8.28. The summed E-state index contributed by atoms with van der Waals surface area (Å²) in [5.74, 6) is -0.342. The van der Waals surface area contributed by atoms with Crippen molar-refractivity contribution < 1.29 is 14.0 Å². The molecule has 0 N–H and O–H groups in total. The van der Waals surface area contributed by atoms with Crippen LogP contribution >= 0.6 is 0 Å². The molecule has 0 bridgehead atoms. The first-order chi connectivity index (χ1) is 7.53. The molecule has 0 aromatic rings. The molecule has 4 heteroatoms. The Hall–Kier alpha value is -0.613. The first kappa shape index (κ1) is 15.4. The van der Waals surface area contributed by atoms with Gasteiger partial charge in [0.25, 0.3) is 0 Å². The van der Waals surface area contributed by atoms with E-state index in [2.05, 4.69) is 27.0 Å². The lowest BCUT2D eigenvalue weighted by Gasteiger charge is -2.33. The van der Waals surface area contributed by atoms with Crippen LogP contribution in [0.4, 0.5) is 0 Å². The molecule has 0 aliphatic carbocycles. The van der Waals surface area contributed by atoms with Crippen LogP contribution in [0.3, 0.4) is 0 Å². The fraction of sp³-hybridized carbons (Fsp3) is 0.750. The Kier molecular flexibility index (Phi) is 7.33. The lowest BCUT2D eigenvalue weighted by Crippen LogP contribution is -2.49. The molecular formula is C12H24O3Si. The van der Waals surface area contributed by atoms with Crippen molar-refractivity contribution in [3.63, 3.8) is 0 Å². The zero-order valence-corrected chi connectivity index (χ0v) is 11.9. The summed E-state index contributed by atoms with van der Waals surface area (Å²) in [7, 11) is -1.94. The molecule has 0 radical (unpaired) electrons. The van der Waals surface area contributed by atoms with Gasteiger partial charge in [0.15, 0.2) is 0 Å². The van der Waals surface area contributed by atoms with Gasteiger partial charge in [0.1, 0.15) is 5.73 Å². The fourth-order valence-corrected chi connectivity index (χ4v) is 4.46. The molecule has 2 unspecified atom stereocenters. The Balaban J connectivity index is 4.69. The predicted octanol–water partition coefficient (Wildman–Crippen LogP) is 3.06. The zero-order valence-electron chi connectivity index (χ0n) is 10.9. The van der Waals surface area contributed by atoms with E-state index >= 15 is 0 Å². The maximum atomic E-state index is 11.3. The summed E-state index contributed by atoms with van der Waals surface area (Å²) in [5.41, 5.74) is -0.0621. The Bertz CT molecular complexity index is 230. The van der Waals surface area contributed by atoms with Gasteiger partial charge in [-0.1, -0.05) is 26.8 Å². The molecule has 0 aromatic heterocycles. The minimum absolute atomic E-state index is 0.0621. The van der Waals surface area contributed by atoms with E-state index in [-0.39, 0.29) is 11.7 Å².